The molecule has 0 radical (unpaired) electrons. The third-order valence-corrected chi connectivity index (χ3v) is 3.51. The first-order valence-electron chi connectivity index (χ1n) is 6.40. The van der Waals surface area contributed by atoms with Crippen molar-refractivity contribution in [3.8, 4) is 0 Å². The normalized spacial score (nSPS) is 17.1. The fraction of sp³-hybridized carbons (Fsp3) is 0.571. The highest BCUT2D eigenvalue weighted by atomic mass is 35.5. The predicted molar refractivity (Wildman–Crippen MR) is 71.2 cm³/mol. The SMILES string of the molecule is OC(CNCCCC1CC1)c1ccc(Cl)cc1. The molecule has 0 heterocycles. The number of hydrogen-bond acceptors (Lipinski definition) is 2. The highest BCUT2D eigenvalue weighted by molar-refractivity contribution is 6.30. The summed E-state index contributed by atoms with van der Waals surface area (Å²) in [5.74, 6) is 0.998. The Labute approximate surface area is 108 Å². The lowest BCUT2D eigenvalue weighted by atomic mass is 10.1. The molecular formula is C14H20ClNO. The van der Waals surface area contributed by atoms with Gasteiger partial charge >= 0.3 is 0 Å². The second-order valence-electron chi connectivity index (χ2n) is 4.86. The summed E-state index contributed by atoms with van der Waals surface area (Å²) in [7, 11) is 0. The van der Waals surface area contributed by atoms with E-state index in [-0.39, 0.29) is 0 Å². The van der Waals surface area contributed by atoms with Crippen LogP contribution in [0.15, 0.2) is 24.3 Å². The Bertz CT molecular complexity index is 335. The lowest BCUT2D eigenvalue weighted by molar-refractivity contribution is 0.174. The first kappa shape index (κ1) is 12.9. The zero-order valence-corrected chi connectivity index (χ0v) is 10.8. The molecule has 2 rings (SSSR count). The Morgan fingerprint density at radius 2 is 2.00 bits per heavy atom. The van der Waals surface area contributed by atoms with Gasteiger partial charge in [0, 0.05) is 11.6 Å². The zero-order valence-electron chi connectivity index (χ0n) is 10.0. The largest absolute Gasteiger partial charge is 0.387 e. The molecule has 0 amide bonds. The average Bonchev–Trinajstić information content (AvgIpc) is 3.13. The molecule has 2 nitrogen and oxygen atoms in total. The molecule has 94 valence electrons. The zero-order chi connectivity index (χ0) is 12.1. The van der Waals surface area contributed by atoms with Crippen LogP contribution in [0.2, 0.25) is 5.02 Å². The van der Waals surface area contributed by atoms with Crippen LogP contribution < -0.4 is 5.32 Å². The number of nitrogens with one attached hydrogen (secondary N) is 1. The first-order valence-corrected chi connectivity index (χ1v) is 6.78. The van der Waals surface area contributed by atoms with Crippen LogP contribution in [0.1, 0.15) is 37.4 Å². The Morgan fingerprint density at radius 3 is 2.65 bits per heavy atom. The highest BCUT2D eigenvalue weighted by Gasteiger charge is 2.19. The quantitative estimate of drug-likeness (QED) is 0.732. The fourth-order valence-electron chi connectivity index (χ4n) is 1.96. The standard InChI is InChI=1S/C14H20ClNO/c15-13-7-5-12(6-8-13)14(17)10-16-9-1-2-11-3-4-11/h5-8,11,14,16-17H,1-4,9-10H2. The van der Waals surface area contributed by atoms with E-state index in [1.54, 1.807) is 0 Å². The number of aliphatic hydroxyl groups excluding tert-OH is 1. The van der Waals surface area contributed by atoms with Crippen LogP contribution >= 0.6 is 11.6 Å². The van der Waals surface area contributed by atoms with E-state index < -0.39 is 6.10 Å². The van der Waals surface area contributed by atoms with Crippen molar-refractivity contribution in [3.63, 3.8) is 0 Å². The number of benzene rings is 1. The van der Waals surface area contributed by atoms with E-state index in [2.05, 4.69) is 5.32 Å². The second kappa shape index (κ2) is 6.39. The van der Waals surface area contributed by atoms with Crippen molar-refractivity contribution in [1.82, 2.24) is 5.32 Å². The van der Waals surface area contributed by atoms with Crippen molar-refractivity contribution in [1.29, 1.82) is 0 Å². The molecule has 1 aliphatic rings. The molecule has 0 spiro atoms. The lowest BCUT2D eigenvalue weighted by Gasteiger charge is -2.12. The molecule has 1 aliphatic carbocycles. The van der Waals surface area contributed by atoms with Gasteiger partial charge in [-0.05, 0) is 43.0 Å². The van der Waals surface area contributed by atoms with E-state index in [0.717, 1.165) is 18.0 Å². The number of rotatable bonds is 7. The van der Waals surface area contributed by atoms with E-state index in [1.165, 1.54) is 25.7 Å². The molecule has 0 bridgehead atoms. The molecule has 1 saturated carbocycles. The van der Waals surface area contributed by atoms with Crippen molar-refractivity contribution in [3.05, 3.63) is 34.9 Å². The molecule has 3 heteroatoms. The Balaban J connectivity index is 1.62. The van der Waals surface area contributed by atoms with E-state index in [1.807, 2.05) is 24.3 Å². The summed E-state index contributed by atoms with van der Waals surface area (Å²) in [6.07, 6.45) is 4.97. The van der Waals surface area contributed by atoms with E-state index in [9.17, 15) is 5.11 Å². The Morgan fingerprint density at radius 1 is 1.29 bits per heavy atom. The van der Waals surface area contributed by atoms with Gasteiger partial charge in [0.25, 0.3) is 0 Å². The maximum atomic E-state index is 9.93. The summed E-state index contributed by atoms with van der Waals surface area (Å²) >= 11 is 5.80. The highest BCUT2D eigenvalue weighted by Crippen LogP contribution is 2.33. The van der Waals surface area contributed by atoms with Crippen LogP contribution in [-0.4, -0.2) is 18.2 Å². The van der Waals surface area contributed by atoms with Crippen molar-refractivity contribution < 1.29 is 5.11 Å². The third-order valence-electron chi connectivity index (χ3n) is 3.26. The van der Waals surface area contributed by atoms with Gasteiger partial charge in [0.15, 0.2) is 0 Å². The third kappa shape index (κ3) is 4.66. The smallest absolute Gasteiger partial charge is 0.0914 e. The van der Waals surface area contributed by atoms with E-state index >= 15 is 0 Å². The number of hydrogen-bond donors (Lipinski definition) is 2. The van der Waals surface area contributed by atoms with Crippen LogP contribution in [0.25, 0.3) is 0 Å². The number of aliphatic hydroxyl groups is 1. The molecule has 17 heavy (non-hydrogen) atoms. The fourth-order valence-corrected chi connectivity index (χ4v) is 2.09. The van der Waals surface area contributed by atoms with Gasteiger partial charge in [-0.3, -0.25) is 0 Å². The molecule has 1 unspecified atom stereocenters. The van der Waals surface area contributed by atoms with Gasteiger partial charge in [0.2, 0.25) is 0 Å². The van der Waals surface area contributed by atoms with Gasteiger partial charge in [-0.2, -0.15) is 0 Å². The van der Waals surface area contributed by atoms with Crippen molar-refractivity contribution in [2.24, 2.45) is 5.92 Å². The van der Waals surface area contributed by atoms with Gasteiger partial charge in [0.05, 0.1) is 6.10 Å². The van der Waals surface area contributed by atoms with Gasteiger partial charge in [0.1, 0.15) is 0 Å². The van der Waals surface area contributed by atoms with Crippen LogP contribution in [0.4, 0.5) is 0 Å². The van der Waals surface area contributed by atoms with Gasteiger partial charge in [-0.25, -0.2) is 0 Å². The summed E-state index contributed by atoms with van der Waals surface area (Å²) in [5, 5.41) is 13.9. The van der Waals surface area contributed by atoms with Gasteiger partial charge in [-0.1, -0.05) is 36.6 Å². The van der Waals surface area contributed by atoms with Gasteiger partial charge < -0.3 is 10.4 Å². The van der Waals surface area contributed by atoms with Crippen LogP contribution in [0, 0.1) is 5.92 Å². The molecular weight excluding hydrogens is 234 g/mol. The Hall–Kier alpha value is -0.570. The van der Waals surface area contributed by atoms with Crippen LogP contribution in [0.5, 0.6) is 0 Å². The molecule has 1 aromatic rings. The van der Waals surface area contributed by atoms with Crippen LogP contribution in [0.3, 0.4) is 0 Å². The molecule has 0 aliphatic heterocycles. The maximum absolute atomic E-state index is 9.93. The van der Waals surface area contributed by atoms with Gasteiger partial charge in [-0.15, -0.1) is 0 Å². The average molecular weight is 254 g/mol. The maximum Gasteiger partial charge on any atom is 0.0914 e. The Kier molecular flexibility index (Phi) is 4.84. The summed E-state index contributed by atoms with van der Waals surface area (Å²) in [6.45, 7) is 1.62. The van der Waals surface area contributed by atoms with E-state index in [4.69, 9.17) is 11.6 Å². The molecule has 2 N–H and O–H groups in total. The minimum Gasteiger partial charge on any atom is -0.387 e. The summed E-state index contributed by atoms with van der Waals surface area (Å²) < 4.78 is 0. The predicted octanol–water partition coefficient (Wildman–Crippen LogP) is 3.15. The van der Waals surface area contributed by atoms with Crippen molar-refractivity contribution in [2.75, 3.05) is 13.1 Å². The lowest BCUT2D eigenvalue weighted by Crippen LogP contribution is -2.22. The summed E-state index contributed by atoms with van der Waals surface area (Å²) in [5.41, 5.74) is 0.920. The van der Waals surface area contributed by atoms with E-state index in [0.29, 0.717) is 11.6 Å². The summed E-state index contributed by atoms with van der Waals surface area (Å²) in [4.78, 5) is 0. The van der Waals surface area contributed by atoms with Crippen LogP contribution in [-0.2, 0) is 0 Å². The monoisotopic (exact) mass is 253 g/mol. The minimum absolute atomic E-state index is 0.437. The molecule has 1 atom stereocenters. The van der Waals surface area contributed by atoms with Crippen molar-refractivity contribution in [2.45, 2.75) is 31.8 Å². The molecule has 1 aromatic carbocycles. The second-order valence-corrected chi connectivity index (χ2v) is 5.29. The van der Waals surface area contributed by atoms with Crippen molar-refractivity contribution >= 4 is 11.6 Å². The molecule has 1 fully saturated rings. The summed E-state index contributed by atoms with van der Waals surface area (Å²) in [6, 6.07) is 7.37. The first-order chi connectivity index (χ1) is 8.25. The molecule has 0 aromatic heterocycles. The topological polar surface area (TPSA) is 32.3 Å². The minimum atomic E-state index is -0.437. The molecule has 0 saturated heterocycles. The number of halogens is 1.